The van der Waals surface area contributed by atoms with E-state index in [4.69, 9.17) is 20.4 Å². The Morgan fingerprint density at radius 3 is 2.39 bits per heavy atom. The minimum absolute atomic E-state index is 0.0339. The molecule has 0 unspecified atom stereocenters. The maximum atomic E-state index is 12.8. The Hall–Kier alpha value is -4.92. The molecule has 0 aliphatic heterocycles. The highest BCUT2D eigenvalue weighted by molar-refractivity contribution is 6.07. The molecule has 2 amide bonds. The summed E-state index contributed by atoms with van der Waals surface area (Å²) in [5.41, 5.74) is 12.2. The van der Waals surface area contributed by atoms with Crippen LogP contribution < -0.4 is 11.1 Å². The summed E-state index contributed by atoms with van der Waals surface area (Å²) in [7, 11) is 0. The smallest absolute Gasteiger partial charge is 0.475 e. The number of halogens is 3. The van der Waals surface area contributed by atoms with Crippen LogP contribution in [0, 0.1) is 23.2 Å². The molecule has 1 saturated carbocycles. The normalized spacial score (nSPS) is 18.8. The van der Waals surface area contributed by atoms with Gasteiger partial charge < -0.3 is 20.9 Å². The van der Waals surface area contributed by atoms with E-state index in [1.807, 2.05) is 55.5 Å². The zero-order valence-corrected chi connectivity index (χ0v) is 22.2. The van der Waals surface area contributed by atoms with Crippen molar-refractivity contribution in [1.29, 1.82) is 5.26 Å². The van der Waals surface area contributed by atoms with Gasteiger partial charge in [0.25, 0.3) is 0 Å². The van der Waals surface area contributed by atoms with Gasteiger partial charge in [0.2, 0.25) is 5.91 Å². The van der Waals surface area contributed by atoms with Crippen LogP contribution in [0.1, 0.15) is 32.3 Å². The molecule has 9 nitrogen and oxygen atoms in total. The second kappa shape index (κ2) is 13.0. The van der Waals surface area contributed by atoms with Crippen molar-refractivity contribution in [3.63, 3.8) is 0 Å². The molecule has 214 valence electrons. The van der Waals surface area contributed by atoms with Gasteiger partial charge in [-0.1, -0.05) is 36.4 Å². The molecule has 0 heterocycles. The molecular formula is C29H27F3N4O5. The average Bonchev–Trinajstić information content (AvgIpc) is 3.73. The number of aliphatic carboxylic acids is 1. The van der Waals surface area contributed by atoms with Crippen molar-refractivity contribution in [3.05, 3.63) is 77.0 Å². The maximum absolute atomic E-state index is 12.8. The molecule has 1 fully saturated rings. The van der Waals surface area contributed by atoms with E-state index in [1.165, 1.54) is 0 Å². The average molecular weight is 569 g/mol. The second-order valence-electron chi connectivity index (χ2n) is 9.14. The minimum atomic E-state index is -5.08. The van der Waals surface area contributed by atoms with E-state index in [-0.39, 0.29) is 24.3 Å². The van der Waals surface area contributed by atoms with E-state index in [2.05, 4.69) is 16.4 Å². The van der Waals surface area contributed by atoms with E-state index in [0.29, 0.717) is 29.1 Å². The Balaban J connectivity index is 0.000000587. The van der Waals surface area contributed by atoms with Gasteiger partial charge in [-0.2, -0.15) is 23.4 Å². The van der Waals surface area contributed by atoms with Gasteiger partial charge in [-0.15, -0.1) is 0 Å². The van der Waals surface area contributed by atoms with Crippen LogP contribution in [0.4, 0.5) is 23.7 Å². The molecule has 0 aromatic heterocycles. The molecule has 2 aliphatic carbocycles. The number of nitrogens with two attached hydrogens (primary N) is 1. The summed E-state index contributed by atoms with van der Waals surface area (Å²) in [6.07, 6.45) is -2.53. The third-order valence-electron chi connectivity index (χ3n) is 6.44. The number of carbonyl (C=O) groups is 3. The standard InChI is InChI=1S/C27H26N4O3.C2HF3O2/c1-3-34-27(33)31-24-13-12-20(16(2)25(24)29)22-14-23(22)26(32)30-19-10-8-17(9-11-19)21-7-5-4-6-18(21)15-28;3-2(4,5)1(6)7/h4-12,22-23H,3,13-14,29H2,1-2H3,(H,30,32);(H,6,7)/t22-,23-;/m1./s1. The number of nitrogens with zero attached hydrogens (tertiary/aromatic N) is 2. The number of carbonyl (C=O) groups excluding carboxylic acids is 2. The van der Waals surface area contributed by atoms with Crippen molar-refractivity contribution in [2.24, 2.45) is 22.6 Å². The summed E-state index contributed by atoms with van der Waals surface area (Å²) in [6.45, 7) is 3.88. The number of carboxylic acids is 1. The predicted octanol–water partition coefficient (Wildman–Crippen LogP) is 5.59. The van der Waals surface area contributed by atoms with Crippen molar-refractivity contribution in [2.45, 2.75) is 32.9 Å². The molecule has 0 saturated heterocycles. The summed E-state index contributed by atoms with van der Waals surface area (Å²) < 4.78 is 36.6. The number of hydrogen-bond donors (Lipinski definition) is 3. The van der Waals surface area contributed by atoms with Crippen LogP contribution in [0.15, 0.2) is 76.4 Å². The van der Waals surface area contributed by atoms with Crippen molar-refractivity contribution in [2.75, 3.05) is 11.9 Å². The molecule has 41 heavy (non-hydrogen) atoms. The van der Waals surface area contributed by atoms with E-state index < -0.39 is 18.2 Å². The Bertz CT molecular complexity index is 1470. The van der Waals surface area contributed by atoms with Crippen molar-refractivity contribution in [3.8, 4) is 17.2 Å². The first-order valence-electron chi connectivity index (χ1n) is 12.5. The van der Waals surface area contributed by atoms with Gasteiger partial charge in [0.1, 0.15) is 0 Å². The summed E-state index contributed by atoms with van der Waals surface area (Å²) in [4.78, 5) is 37.4. The van der Waals surface area contributed by atoms with Crippen LogP contribution in [-0.2, 0) is 14.3 Å². The van der Waals surface area contributed by atoms with Crippen molar-refractivity contribution >= 4 is 29.4 Å². The van der Waals surface area contributed by atoms with Crippen LogP contribution in [0.5, 0.6) is 0 Å². The Morgan fingerprint density at radius 2 is 1.80 bits per heavy atom. The lowest BCUT2D eigenvalue weighted by atomic mass is 9.91. The summed E-state index contributed by atoms with van der Waals surface area (Å²) in [6, 6.07) is 17.1. The largest absolute Gasteiger partial charge is 0.490 e. The number of nitriles is 1. The van der Waals surface area contributed by atoms with Gasteiger partial charge in [0.15, 0.2) is 0 Å². The molecule has 0 radical (unpaired) electrons. The number of allylic oxidation sites excluding steroid dienone is 4. The van der Waals surface area contributed by atoms with Gasteiger partial charge in [-0.3, -0.25) is 4.79 Å². The molecule has 4 rings (SSSR count). The highest BCUT2D eigenvalue weighted by atomic mass is 19.4. The number of nitrogens with one attached hydrogen (secondary N) is 1. The fourth-order valence-corrected chi connectivity index (χ4v) is 4.27. The molecule has 0 bridgehead atoms. The fourth-order valence-electron chi connectivity index (χ4n) is 4.27. The minimum Gasteiger partial charge on any atom is -0.475 e. The molecule has 2 aromatic rings. The summed E-state index contributed by atoms with van der Waals surface area (Å²) in [5.74, 6) is -2.82. The van der Waals surface area contributed by atoms with E-state index in [9.17, 15) is 28.0 Å². The zero-order chi connectivity index (χ0) is 30.3. The fraction of sp³-hybridized carbons (Fsp3) is 0.276. The zero-order valence-electron chi connectivity index (χ0n) is 22.2. The number of rotatable bonds is 5. The van der Waals surface area contributed by atoms with Crippen LogP contribution in [0.3, 0.4) is 0 Å². The number of anilines is 1. The lowest BCUT2D eigenvalue weighted by Crippen LogP contribution is -2.21. The molecule has 12 heteroatoms. The lowest BCUT2D eigenvalue weighted by Gasteiger charge is -2.18. The van der Waals surface area contributed by atoms with Crippen LogP contribution in [-0.4, -0.2) is 41.6 Å². The Kier molecular flexibility index (Phi) is 9.67. The van der Waals surface area contributed by atoms with E-state index in [1.54, 1.807) is 13.0 Å². The molecule has 2 aliphatic rings. The quantitative estimate of drug-likeness (QED) is 0.424. The van der Waals surface area contributed by atoms with Gasteiger partial charge in [-0.05, 0) is 66.7 Å². The highest BCUT2D eigenvalue weighted by Crippen LogP contribution is 2.48. The molecule has 2 aromatic carbocycles. The van der Waals surface area contributed by atoms with E-state index >= 15 is 0 Å². The topological polar surface area (TPSA) is 155 Å². The first-order valence-corrected chi connectivity index (χ1v) is 12.5. The number of aliphatic imine (C=N–C) groups is 1. The number of alkyl halides is 3. The number of hydrogen-bond acceptors (Lipinski definition) is 6. The van der Waals surface area contributed by atoms with Crippen molar-refractivity contribution in [1.82, 2.24) is 0 Å². The maximum Gasteiger partial charge on any atom is 0.490 e. The highest BCUT2D eigenvalue weighted by Gasteiger charge is 2.46. The number of benzene rings is 2. The Morgan fingerprint density at radius 1 is 1.17 bits per heavy atom. The molecular weight excluding hydrogens is 541 g/mol. The number of ether oxygens (including phenoxy) is 1. The molecule has 0 spiro atoms. The van der Waals surface area contributed by atoms with Gasteiger partial charge in [-0.25, -0.2) is 9.59 Å². The number of amides is 2. The predicted molar refractivity (Wildman–Crippen MR) is 145 cm³/mol. The van der Waals surface area contributed by atoms with E-state index in [0.717, 1.165) is 28.7 Å². The van der Waals surface area contributed by atoms with Gasteiger partial charge in [0.05, 0.1) is 29.6 Å². The lowest BCUT2D eigenvalue weighted by molar-refractivity contribution is -0.192. The van der Waals surface area contributed by atoms with Crippen LogP contribution in [0.25, 0.3) is 11.1 Å². The summed E-state index contributed by atoms with van der Waals surface area (Å²) in [5, 5.41) is 19.4. The summed E-state index contributed by atoms with van der Waals surface area (Å²) >= 11 is 0. The second-order valence-corrected chi connectivity index (χ2v) is 9.14. The monoisotopic (exact) mass is 568 g/mol. The van der Waals surface area contributed by atoms with Gasteiger partial charge >= 0.3 is 18.2 Å². The molecule has 4 N–H and O–H groups in total. The van der Waals surface area contributed by atoms with Crippen LogP contribution >= 0.6 is 0 Å². The van der Waals surface area contributed by atoms with Crippen LogP contribution in [0.2, 0.25) is 0 Å². The Labute approximate surface area is 233 Å². The third-order valence-corrected chi connectivity index (χ3v) is 6.44. The first kappa shape index (κ1) is 30.6. The number of carboxylic acid groups (broad SMARTS) is 1. The van der Waals surface area contributed by atoms with Gasteiger partial charge in [0, 0.05) is 18.0 Å². The third kappa shape index (κ3) is 7.82. The van der Waals surface area contributed by atoms with Crippen molar-refractivity contribution < 1.29 is 37.4 Å². The first-order chi connectivity index (χ1) is 19.4. The molecule has 2 atom stereocenters. The SMILES string of the molecule is CCOC(=O)N=C1CC=C([C@H]2C[C@H]2C(=O)Nc2ccc(-c3ccccc3C#N)cc2)C(C)=C1N.O=C(O)C(F)(F)F.